The maximum Gasteiger partial charge on any atom is 0.107 e. The van der Waals surface area contributed by atoms with E-state index < -0.39 is 0 Å². The van der Waals surface area contributed by atoms with Crippen LogP contribution in [0.3, 0.4) is 0 Å². The van der Waals surface area contributed by atoms with Crippen molar-refractivity contribution in [2.45, 2.75) is 32.9 Å². The monoisotopic (exact) mass is 236 g/mol. The van der Waals surface area contributed by atoms with E-state index in [0.29, 0.717) is 6.04 Å². The number of furan rings is 1. The molecule has 0 amide bonds. The fraction of sp³-hybridized carbons (Fsp3) is 0.417. The smallest absolute Gasteiger partial charge is 0.107 e. The van der Waals surface area contributed by atoms with Crippen LogP contribution in [0, 0.1) is 6.92 Å². The Morgan fingerprint density at radius 3 is 3.06 bits per heavy atom. The molecule has 86 valence electrons. The van der Waals surface area contributed by atoms with Gasteiger partial charge in [-0.25, -0.2) is 4.98 Å². The average molecular weight is 236 g/mol. The van der Waals surface area contributed by atoms with E-state index in [1.54, 1.807) is 17.6 Å². The summed E-state index contributed by atoms with van der Waals surface area (Å²) < 4.78 is 5.31. The molecule has 0 aliphatic rings. The SMILES string of the molecule is Cc1csc(CNC(C)Cc2ccco2)n1. The summed E-state index contributed by atoms with van der Waals surface area (Å²) in [5.74, 6) is 1.02. The summed E-state index contributed by atoms with van der Waals surface area (Å²) >= 11 is 1.70. The van der Waals surface area contributed by atoms with E-state index in [1.807, 2.05) is 19.1 Å². The van der Waals surface area contributed by atoms with Crippen molar-refractivity contribution >= 4 is 11.3 Å². The predicted molar refractivity (Wildman–Crippen MR) is 65.6 cm³/mol. The molecule has 2 rings (SSSR count). The third-order valence-corrected chi connectivity index (χ3v) is 3.32. The maximum absolute atomic E-state index is 5.31. The highest BCUT2D eigenvalue weighted by molar-refractivity contribution is 7.09. The first kappa shape index (κ1) is 11.4. The van der Waals surface area contributed by atoms with Gasteiger partial charge in [0.15, 0.2) is 0 Å². The van der Waals surface area contributed by atoms with Gasteiger partial charge in [-0.1, -0.05) is 0 Å². The van der Waals surface area contributed by atoms with Gasteiger partial charge >= 0.3 is 0 Å². The third kappa shape index (κ3) is 3.18. The van der Waals surface area contributed by atoms with Crippen LogP contribution in [0.1, 0.15) is 23.4 Å². The molecule has 4 heteroatoms. The molecule has 2 aromatic rings. The van der Waals surface area contributed by atoms with Gasteiger partial charge in [-0.3, -0.25) is 0 Å². The zero-order valence-corrected chi connectivity index (χ0v) is 10.4. The Kier molecular flexibility index (Phi) is 3.74. The van der Waals surface area contributed by atoms with Crippen LogP contribution < -0.4 is 5.32 Å². The lowest BCUT2D eigenvalue weighted by molar-refractivity contribution is 0.456. The summed E-state index contributed by atoms with van der Waals surface area (Å²) in [4.78, 5) is 4.41. The largest absolute Gasteiger partial charge is 0.469 e. The highest BCUT2D eigenvalue weighted by Crippen LogP contribution is 2.09. The van der Waals surface area contributed by atoms with Gasteiger partial charge in [-0.2, -0.15) is 0 Å². The molecule has 0 fully saturated rings. The fourth-order valence-corrected chi connectivity index (χ4v) is 2.27. The second-order valence-corrected chi connectivity index (χ2v) is 4.89. The molecule has 0 bridgehead atoms. The molecule has 2 heterocycles. The average Bonchev–Trinajstić information content (AvgIpc) is 2.87. The zero-order valence-electron chi connectivity index (χ0n) is 9.56. The Labute approximate surface area is 99.5 Å². The number of nitrogens with one attached hydrogen (secondary N) is 1. The zero-order chi connectivity index (χ0) is 11.4. The number of aryl methyl sites for hydroxylation is 1. The van der Waals surface area contributed by atoms with Crippen LogP contribution in [0.2, 0.25) is 0 Å². The molecule has 1 N–H and O–H groups in total. The number of nitrogens with zero attached hydrogens (tertiary/aromatic N) is 1. The Balaban J connectivity index is 1.77. The van der Waals surface area contributed by atoms with E-state index >= 15 is 0 Å². The standard InChI is InChI=1S/C12H16N2OS/c1-9(6-11-4-3-5-15-11)13-7-12-14-10(2)8-16-12/h3-5,8-9,13H,6-7H2,1-2H3. The summed E-state index contributed by atoms with van der Waals surface area (Å²) in [6.45, 7) is 5.01. The minimum Gasteiger partial charge on any atom is -0.469 e. The molecule has 2 aromatic heterocycles. The molecular weight excluding hydrogens is 220 g/mol. The molecule has 0 radical (unpaired) electrons. The normalized spacial score (nSPS) is 12.9. The quantitative estimate of drug-likeness (QED) is 0.867. The predicted octanol–water partition coefficient (Wildman–Crippen LogP) is 2.77. The second kappa shape index (κ2) is 5.27. The van der Waals surface area contributed by atoms with Gasteiger partial charge in [0.05, 0.1) is 6.26 Å². The Morgan fingerprint density at radius 1 is 1.56 bits per heavy atom. The first-order valence-electron chi connectivity index (χ1n) is 5.41. The van der Waals surface area contributed by atoms with Crippen molar-refractivity contribution in [3.8, 4) is 0 Å². The van der Waals surface area contributed by atoms with Crippen molar-refractivity contribution in [2.75, 3.05) is 0 Å². The van der Waals surface area contributed by atoms with Crippen molar-refractivity contribution in [1.82, 2.24) is 10.3 Å². The molecular formula is C12H16N2OS. The molecule has 0 saturated heterocycles. The molecule has 1 atom stereocenters. The van der Waals surface area contributed by atoms with Crippen molar-refractivity contribution in [3.63, 3.8) is 0 Å². The minimum atomic E-state index is 0.398. The molecule has 0 aromatic carbocycles. The van der Waals surface area contributed by atoms with Crippen LogP contribution in [-0.2, 0) is 13.0 Å². The highest BCUT2D eigenvalue weighted by Gasteiger charge is 2.06. The lowest BCUT2D eigenvalue weighted by atomic mass is 10.2. The van der Waals surface area contributed by atoms with Crippen LogP contribution in [-0.4, -0.2) is 11.0 Å². The van der Waals surface area contributed by atoms with Gasteiger partial charge in [-0.15, -0.1) is 11.3 Å². The number of hydrogen-bond donors (Lipinski definition) is 1. The summed E-state index contributed by atoms with van der Waals surface area (Å²) in [5.41, 5.74) is 1.10. The van der Waals surface area contributed by atoms with Gasteiger partial charge in [0, 0.05) is 30.1 Å². The Morgan fingerprint density at radius 2 is 2.44 bits per heavy atom. The summed E-state index contributed by atoms with van der Waals surface area (Å²) in [5, 5.41) is 6.66. The number of aromatic nitrogens is 1. The molecule has 16 heavy (non-hydrogen) atoms. The van der Waals surface area contributed by atoms with Gasteiger partial charge in [0.2, 0.25) is 0 Å². The maximum atomic E-state index is 5.31. The van der Waals surface area contributed by atoms with Crippen LogP contribution >= 0.6 is 11.3 Å². The van der Waals surface area contributed by atoms with E-state index in [4.69, 9.17) is 4.42 Å². The minimum absolute atomic E-state index is 0.398. The van der Waals surface area contributed by atoms with E-state index in [9.17, 15) is 0 Å². The van der Waals surface area contributed by atoms with E-state index in [0.717, 1.165) is 29.4 Å². The van der Waals surface area contributed by atoms with Crippen LogP contribution in [0.4, 0.5) is 0 Å². The highest BCUT2D eigenvalue weighted by atomic mass is 32.1. The topological polar surface area (TPSA) is 38.1 Å². The molecule has 3 nitrogen and oxygen atoms in total. The van der Waals surface area contributed by atoms with Crippen molar-refractivity contribution in [1.29, 1.82) is 0 Å². The van der Waals surface area contributed by atoms with Gasteiger partial charge < -0.3 is 9.73 Å². The fourth-order valence-electron chi connectivity index (χ4n) is 1.55. The van der Waals surface area contributed by atoms with Gasteiger partial charge in [0.1, 0.15) is 10.8 Å². The van der Waals surface area contributed by atoms with Crippen LogP contribution in [0.25, 0.3) is 0 Å². The number of hydrogen-bond acceptors (Lipinski definition) is 4. The van der Waals surface area contributed by atoms with Crippen molar-refractivity contribution in [3.05, 3.63) is 40.2 Å². The van der Waals surface area contributed by atoms with E-state index in [1.165, 1.54) is 0 Å². The third-order valence-electron chi connectivity index (χ3n) is 2.36. The molecule has 0 aliphatic carbocycles. The first-order chi connectivity index (χ1) is 7.74. The first-order valence-corrected chi connectivity index (χ1v) is 6.29. The molecule has 0 saturated carbocycles. The summed E-state index contributed by atoms with van der Waals surface area (Å²) in [6.07, 6.45) is 2.63. The lowest BCUT2D eigenvalue weighted by Crippen LogP contribution is -2.27. The van der Waals surface area contributed by atoms with Gasteiger partial charge in [0.25, 0.3) is 0 Å². The Bertz CT molecular complexity index is 422. The Hall–Kier alpha value is -1.13. The van der Waals surface area contributed by atoms with E-state index in [2.05, 4.69) is 22.6 Å². The molecule has 0 spiro atoms. The van der Waals surface area contributed by atoms with Crippen LogP contribution in [0.15, 0.2) is 28.2 Å². The lowest BCUT2D eigenvalue weighted by Gasteiger charge is -2.10. The van der Waals surface area contributed by atoms with Crippen molar-refractivity contribution in [2.24, 2.45) is 0 Å². The van der Waals surface area contributed by atoms with E-state index in [-0.39, 0.29) is 0 Å². The number of thiazole rings is 1. The van der Waals surface area contributed by atoms with Crippen LogP contribution in [0.5, 0.6) is 0 Å². The summed E-state index contributed by atoms with van der Waals surface area (Å²) in [6, 6.07) is 4.33. The van der Waals surface area contributed by atoms with Crippen molar-refractivity contribution < 1.29 is 4.42 Å². The second-order valence-electron chi connectivity index (χ2n) is 3.95. The van der Waals surface area contributed by atoms with Gasteiger partial charge in [-0.05, 0) is 26.0 Å². The molecule has 1 unspecified atom stereocenters. The molecule has 0 aliphatic heterocycles. The summed E-state index contributed by atoms with van der Waals surface area (Å²) in [7, 11) is 0. The number of rotatable bonds is 5.